The van der Waals surface area contributed by atoms with Gasteiger partial charge in [-0.3, -0.25) is 24.5 Å². The third-order valence-electron chi connectivity index (χ3n) is 7.64. The Balaban J connectivity index is 1.64. The number of carbonyl (C=O) groups excluding carboxylic acids is 3. The lowest BCUT2D eigenvalue weighted by Gasteiger charge is -2.37. The Morgan fingerprint density at radius 3 is 2.62 bits per heavy atom. The summed E-state index contributed by atoms with van der Waals surface area (Å²) in [6, 6.07) is 16.2. The quantitative estimate of drug-likeness (QED) is 0.304. The lowest BCUT2D eigenvalue weighted by Crippen LogP contribution is -2.51. The second-order valence-electron chi connectivity index (χ2n) is 9.49. The van der Waals surface area contributed by atoms with E-state index in [0.717, 1.165) is 5.56 Å². The minimum atomic E-state index is -1.44. The number of nitrogens with one attached hydrogen (secondary N) is 1. The molecule has 3 aliphatic heterocycles. The lowest BCUT2D eigenvalue weighted by atomic mass is 9.64. The predicted molar refractivity (Wildman–Crippen MR) is 139 cm³/mol. The SMILES string of the molecule is CC(=O)[C@H]1[C@@H](C(=O)c2cccc([N+](=O)[O-])c2)[C@]2(C(=O)Nc3ccccc32)[C@H]2C=Cc3cc(Cl)ccc3N12. The van der Waals surface area contributed by atoms with Gasteiger partial charge in [0.05, 0.1) is 22.9 Å². The van der Waals surface area contributed by atoms with Crippen LogP contribution < -0.4 is 10.2 Å². The van der Waals surface area contributed by atoms with Crippen LogP contribution in [0.1, 0.15) is 28.4 Å². The highest BCUT2D eigenvalue weighted by Crippen LogP contribution is 2.57. The number of amides is 1. The van der Waals surface area contributed by atoms with E-state index in [1.54, 1.807) is 42.5 Å². The molecule has 0 saturated carbocycles. The van der Waals surface area contributed by atoms with Crippen molar-refractivity contribution in [3.8, 4) is 0 Å². The van der Waals surface area contributed by atoms with E-state index in [4.69, 9.17) is 11.6 Å². The van der Waals surface area contributed by atoms with E-state index in [1.165, 1.54) is 31.2 Å². The van der Waals surface area contributed by atoms with Gasteiger partial charge in [-0.1, -0.05) is 54.1 Å². The average molecular weight is 514 g/mol. The van der Waals surface area contributed by atoms with Crippen molar-refractivity contribution in [3.05, 3.63) is 105 Å². The molecule has 1 fully saturated rings. The fraction of sp³-hybridized carbons (Fsp3) is 0.179. The second kappa shape index (κ2) is 8.11. The Morgan fingerprint density at radius 2 is 1.86 bits per heavy atom. The Bertz CT molecular complexity index is 1570. The minimum Gasteiger partial charge on any atom is -0.352 e. The largest absolute Gasteiger partial charge is 0.352 e. The summed E-state index contributed by atoms with van der Waals surface area (Å²) in [5.41, 5.74) is 1.02. The van der Waals surface area contributed by atoms with Gasteiger partial charge in [-0.05, 0) is 42.3 Å². The smallest absolute Gasteiger partial charge is 0.270 e. The summed E-state index contributed by atoms with van der Waals surface area (Å²) in [5, 5.41) is 14.9. The fourth-order valence-corrected chi connectivity index (χ4v) is 6.44. The van der Waals surface area contributed by atoms with Gasteiger partial charge >= 0.3 is 0 Å². The van der Waals surface area contributed by atoms with Gasteiger partial charge in [0.1, 0.15) is 5.41 Å². The molecule has 6 rings (SSSR count). The molecule has 3 aromatic rings. The number of Topliss-reactive ketones (excluding diaryl/α,β-unsaturated/α-hetero) is 2. The number of hydrogen-bond acceptors (Lipinski definition) is 6. The first-order valence-corrected chi connectivity index (χ1v) is 12.1. The molecule has 1 spiro atoms. The normalized spacial score (nSPS) is 24.9. The first-order valence-electron chi connectivity index (χ1n) is 11.7. The van der Waals surface area contributed by atoms with Crippen LogP contribution in [0.5, 0.6) is 0 Å². The van der Waals surface area contributed by atoms with Crippen LogP contribution in [0.3, 0.4) is 0 Å². The molecule has 3 heterocycles. The van der Waals surface area contributed by atoms with Crippen LogP contribution in [0.4, 0.5) is 17.1 Å². The van der Waals surface area contributed by atoms with E-state index in [1.807, 2.05) is 17.1 Å². The molecule has 8 nitrogen and oxygen atoms in total. The van der Waals surface area contributed by atoms with Crippen LogP contribution in [-0.4, -0.2) is 34.5 Å². The van der Waals surface area contributed by atoms with Crippen LogP contribution in [0.15, 0.2) is 72.8 Å². The minimum absolute atomic E-state index is 0.0714. The molecule has 3 aliphatic rings. The monoisotopic (exact) mass is 513 g/mol. The van der Waals surface area contributed by atoms with Crippen LogP contribution in [-0.2, 0) is 15.0 Å². The average Bonchev–Trinajstić information content (AvgIpc) is 3.36. The van der Waals surface area contributed by atoms with Crippen molar-refractivity contribution in [2.24, 2.45) is 5.92 Å². The van der Waals surface area contributed by atoms with E-state index in [2.05, 4.69) is 5.32 Å². The summed E-state index contributed by atoms with van der Waals surface area (Å²) in [5.74, 6) is -2.33. The zero-order valence-corrected chi connectivity index (χ0v) is 20.3. The summed E-state index contributed by atoms with van der Waals surface area (Å²) in [6.07, 6.45) is 3.70. The van der Waals surface area contributed by atoms with Crippen LogP contribution in [0.2, 0.25) is 5.02 Å². The van der Waals surface area contributed by atoms with Gasteiger partial charge in [0.2, 0.25) is 5.91 Å². The van der Waals surface area contributed by atoms with E-state index >= 15 is 0 Å². The summed E-state index contributed by atoms with van der Waals surface area (Å²) in [6.45, 7) is 1.40. The Hall–Kier alpha value is -4.30. The lowest BCUT2D eigenvalue weighted by molar-refractivity contribution is -0.384. The highest BCUT2D eigenvalue weighted by molar-refractivity contribution is 6.31. The molecule has 1 N–H and O–H groups in total. The number of nitro benzene ring substituents is 1. The van der Waals surface area contributed by atoms with Crippen molar-refractivity contribution in [1.29, 1.82) is 0 Å². The van der Waals surface area contributed by atoms with Crippen LogP contribution in [0, 0.1) is 16.0 Å². The van der Waals surface area contributed by atoms with Gasteiger partial charge in [0.15, 0.2) is 11.6 Å². The standard InChI is InChI=1S/C28H20ClN3O5/c1-15(33)25-24(26(34)17-5-4-6-19(14-17)32(36)37)28(20-7-2-3-8-21(20)30-27(28)35)23-12-9-16-13-18(29)10-11-22(16)31(23)25/h2-14,23-25H,1H3,(H,30,35)/t23-,24+,25+,28-/m1/s1. The summed E-state index contributed by atoms with van der Waals surface area (Å²) < 4.78 is 0. The van der Waals surface area contributed by atoms with Gasteiger partial charge in [0.25, 0.3) is 5.69 Å². The molecule has 3 aromatic carbocycles. The number of benzene rings is 3. The summed E-state index contributed by atoms with van der Waals surface area (Å²) in [4.78, 5) is 54.4. The zero-order chi connectivity index (χ0) is 26.1. The number of nitro groups is 1. The van der Waals surface area contributed by atoms with Gasteiger partial charge in [-0.15, -0.1) is 0 Å². The fourth-order valence-electron chi connectivity index (χ4n) is 6.26. The van der Waals surface area contributed by atoms with Crippen molar-refractivity contribution in [3.63, 3.8) is 0 Å². The Morgan fingerprint density at radius 1 is 1.08 bits per heavy atom. The number of rotatable bonds is 4. The maximum Gasteiger partial charge on any atom is 0.270 e. The van der Waals surface area contributed by atoms with Crippen molar-refractivity contribution < 1.29 is 19.3 Å². The number of nitrogens with zero attached hydrogens (tertiary/aromatic N) is 2. The second-order valence-corrected chi connectivity index (χ2v) is 9.92. The third-order valence-corrected chi connectivity index (χ3v) is 7.87. The van der Waals surface area contributed by atoms with Crippen LogP contribution >= 0.6 is 11.6 Å². The predicted octanol–water partition coefficient (Wildman–Crippen LogP) is 4.81. The molecule has 0 aromatic heterocycles. The number of ketones is 2. The molecule has 1 amide bonds. The first-order chi connectivity index (χ1) is 17.7. The number of anilines is 2. The Labute approximate surface area is 216 Å². The van der Waals surface area contributed by atoms with Gasteiger partial charge in [-0.2, -0.15) is 0 Å². The molecule has 0 radical (unpaired) electrons. The number of fused-ring (bicyclic) bond motifs is 6. The molecular formula is C28H20ClN3O5. The molecule has 184 valence electrons. The topological polar surface area (TPSA) is 110 Å². The number of para-hydroxylation sites is 1. The third kappa shape index (κ3) is 3.12. The highest BCUT2D eigenvalue weighted by Gasteiger charge is 2.69. The summed E-state index contributed by atoms with van der Waals surface area (Å²) >= 11 is 6.24. The maximum absolute atomic E-state index is 14.3. The molecular weight excluding hydrogens is 494 g/mol. The highest BCUT2D eigenvalue weighted by atomic mass is 35.5. The number of non-ortho nitro benzene ring substituents is 1. The number of carbonyl (C=O) groups is 3. The number of halogens is 1. The molecule has 1 saturated heterocycles. The van der Waals surface area contributed by atoms with Gasteiger partial charge in [-0.25, -0.2) is 0 Å². The first kappa shape index (κ1) is 23.1. The van der Waals surface area contributed by atoms with Crippen molar-refractivity contribution in [1.82, 2.24) is 0 Å². The van der Waals surface area contributed by atoms with E-state index in [9.17, 15) is 24.5 Å². The molecule has 0 bridgehead atoms. The maximum atomic E-state index is 14.3. The molecule has 4 atom stereocenters. The van der Waals surface area contributed by atoms with Crippen molar-refractivity contribution in [2.45, 2.75) is 24.4 Å². The van der Waals surface area contributed by atoms with Crippen molar-refractivity contribution in [2.75, 3.05) is 10.2 Å². The molecule has 0 aliphatic carbocycles. The summed E-state index contributed by atoms with van der Waals surface area (Å²) in [7, 11) is 0. The van der Waals surface area contributed by atoms with Gasteiger partial charge < -0.3 is 10.2 Å². The van der Waals surface area contributed by atoms with Crippen LogP contribution in [0.25, 0.3) is 6.08 Å². The molecule has 37 heavy (non-hydrogen) atoms. The van der Waals surface area contributed by atoms with E-state index in [0.29, 0.717) is 22.0 Å². The zero-order valence-electron chi connectivity index (χ0n) is 19.6. The van der Waals surface area contributed by atoms with E-state index < -0.39 is 40.0 Å². The van der Waals surface area contributed by atoms with Crippen molar-refractivity contribution >= 4 is 52.2 Å². The Kier molecular flexibility index (Phi) is 5.07. The molecule has 0 unspecified atom stereocenters. The molecule has 9 heteroatoms. The van der Waals surface area contributed by atoms with Gasteiger partial charge in [0, 0.05) is 34.1 Å². The van der Waals surface area contributed by atoms with E-state index in [-0.39, 0.29) is 17.0 Å². The number of hydrogen-bond donors (Lipinski definition) is 1.